The molecule has 0 saturated heterocycles. The molecule has 0 bridgehead atoms. The molecule has 0 amide bonds. The second kappa shape index (κ2) is 4.80. The summed E-state index contributed by atoms with van der Waals surface area (Å²) in [6.07, 6.45) is 2.66. The highest BCUT2D eigenvalue weighted by Gasteiger charge is 2.19. The summed E-state index contributed by atoms with van der Waals surface area (Å²) in [5.41, 5.74) is 3.41. The molecule has 2 nitrogen and oxygen atoms in total. The molecular weight excluding hydrogens is 246 g/mol. The van der Waals surface area contributed by atoms with Crippen LogP contribution in [0.1, 0.15) is 18.4 Å². The van der Waals surface area contributed by atoms with Gasteiger partial charge >= 0.3 is 0 Å². The van der Waals surface area contributed by atoms with Gasteiger partial charge in [-0.1, -0.05) is 42.5 Å². The third-order valence-electron chi connectivity index (χ3n) is 3.84. The molecular formula is C18H17NO. The minimum atomic E-state index is 0.755. The zero-order chi connectivity index (χ0) is 13.4. The number of para-hydroxylation sites is 1. The molecule has 0 aliphatic heterocycles. The molecule has 1 fully saturated rings. The number of rotatable bonds is 4. The molecule has 1 N–H and O–H groups in total. The lowest BCUT2D eigenvalue weighted by atomic mass is 10.1. The Balaban J connectivity index is 1.57. The molecule has 1 aromatic heterocycles. The maximum Gasteiger partial charge on any atom is 0.135 e. The van der Waals surface area contributed by atoms with Gasteiger partial charge in [-0.15, -0.1) is 0 Å². The zero-order valence-electron chi connectivity index (χ0n) is 11.3. The summed E-state index contributed by atoms with van der Waals surface area (Å²) in [4.78, 5) is 0. The summed E-state index contributed by atoms with van der Waals surface area (Å²) in [6, 6.07) is 19.6. The van der Waals surface area contributed by atoms with Gasteiger partial charge in [-0.2, -0.15) is 0 Å². The van der Waals surface area contributed by atoms with Crippen molar-refractivity contribution in [1.82, 2.24) is 5.32 Å². The van der Waals surface area contributed by atoms with E-state index in [1.54, 1.807) is 0 Å². The van der Waals surface area contributed by atoms with Gasteiger partial charge in [0.05, 0.1) is 0 Å². The van der Waals surface area contributed by atoms with Crippen LogP contribution in [0.3, 0.4) is 0 Å². The van der Waals surface area contributed by atoms with Gasteiger partial charge in [0.1, 0.15) is 11.3 Å². The Morgan fingerprint density at radius 3 is 2.55 bits per heavy atom. The number of benzene rings is 2. The van der Waals surface area contributed by atoms with Crippen LogP contribution in [0.4, 0.5) is 0 Å². The third kappa shape index (κ3) is 2.35. The Bertz CT molecular complexity index is 690. The summed E-state index contributed by atoms with van der Waals surface area (Å²) in [5.74, 6) is 0.938. The summed E-state index contributed by atoms with van der Waals surface area (Å²) in [6.45, 7) is 0.963. The smallest absolute Gasteiger partial charge is 0.135 e. The average Bonchev–Trinajstić information content (AvgIpc) is 3.22. The van der Waals surface area contributed by atoms with Crippen LogP contribution in [0.2, 0.25) is 0 Å². The monoisotopic (exact) mass is 263 g/mol. The molecule has 1 aliphatic rings. The fourth-order valence-corrected chi connectivity index (χ4v) is 2.46. The molecule has 1 saturated carbocycles. The van der Waals surface area contributed by atoms with Crippen molar-refractivity contribution in [2.45, 2.75) is 25.4 Å². The summed E-state index contributed by atoms with van der Waals surface area (Å²) >= 11 is 0. The van der Waals surface area contributed by atoms with Gasteiger partial charge in [0.15, 0.2) is 0 Å². The first kappa shape index (κ1) is 11.7. The summed E-state index contributed by atoms with van der Waals surface area (Å²) in [7, 11) is 0. The van der Waals surface area contributed by atoms with E-state index in [1.807, 2.05) is 18.2 Å². The van der Waals surface area contributed by atoms with Crippen LogP contribution in [0, 0.1) is 0 Å². The van der Waals surface area contributed by atoms with E-state index in [0.29, 0.717) is 0 Å². The van der Waals surface area contributed by atoms with Crippen LogP contribution in [0.25, 0.3) is 22.3 Å². The van der Waals surface area contributed by atoms with Crippen LogP contribution < -0.4 is 5.32 Å². The Morgan fingerprint density at radius 1 is 1.00 bits per heavy atom. The van der Waals surface area contributed by atoms with Crippen LogP contribution in [-0.2, 0) is 6.54 Å². The standard InChI is InChI=1S/C18H17NO/c1-2-4-17-15(3-1)11-18(20-17)14-7-5-13(6-8-14)12-19-16-9-10-16/h1-8,11,16,19H,9-10,12H2. The van der Waals surface area contributed by atoms with Gasteiger partial charge in [-0.3, -0.25) is 0 Å². The van der Waals surface area contributed by atoms with E-state index in [4.69, 9.17) is 4.42 Å². The molecule has 2 aromatic carbocycles. The van der Waals surface area contributed by atoms with E-state index >= 15 is 0 Å². The first-order valence-electron chi connectivity index (χ1n) is 7.20. The van der Waals surface area contributed by atoms with Crippen LogP contribution in [0.5, 0.6) is 0 Å². The Hall–Kier alpha value is -2.06. The van der Waals surface area contributed by atoms with Gasteiger partial charge in [-0.25, -0.2) is 0 Å². The lowest BCUT2D eigenvalue weighted by Gasteiger charge is -2.03. The van der Waals surface area contributed by atoms with Crippen molar-refractivity contribution in [3.63, 3.8) is 0 Å². The van der Waals surface area contributed by atoms with Crippen LogP contribution in [0.15, 0.2) is 59.0 Å². The number of hydrogen-bond donors (Lipinski definition) is 1. The van der Waals surface area contributed by atoms with Gasteiger partial charge in [-0.05, 0) is 30.5 Å². The van der Waals surface area contributed by atoms with Crippen molar-refractivity contribution in [2.75, 3.05) is 0 Å². The van der Waals surface area contributed by atoms with Crippen LogP contribution in [-0.4, -0.2) is 6.04 Å². The van der Waals surface area contributed by atoms with E-state index in [-0.39, 0.29) is 0 Å². The zero-order valence-corrected chi connectivity index (χ0v) is 11.3. The van der Waals surface area contributed by atoms with Gasteiger partial charge < -0.3 is 9.73 Å². The molecule has 1 aliphatic carbocycles. The maximum atomic E-state index is 5.89. The lowest BCUT2D eigenvalue weighted by molar-refractivity contribution is 0.631. The van der Waals surface area contributed by atoms with Gasteiger partial charge in [0, 0.05) is 23.5 Å². The quantitative estimate of drug-likeness (QED) is 0.757. The SMILES string of the molecule is c1ccc2oc(-c3ccc(CNC4CC4)cc3)cc2c1. The van der Waals surface area contributed by atoms with Crippen molar-refractivity contribution >= 4 is 11.0 Å². The van der Waals surface area contributed by atoms with Crippen molar-refractivity contribution in [2.24, 2.45) is 0 Å². The Labute approximate surface area is 118 Å². The lowest BCUT2D eigenvalue weighted by Crippen LogP contribution is -2.14. The van der Waals surface area contributed by atoms with Crippen molar-refractivity contribution in [1.29, 1.82) is 0 Å². The van der Waals surface area contributed by atoms with E-state index in [2.05, 4.69) is 41.7 Å². The predicted molar refractivity (Wildman–Crippen MR) is 81.5 cm³/mol. The number of fused-ring (bicyclic) bond motifs is 1. The van der Waals surface area contributed by atoms with Crippen molar-refractivity contribution in [3.8, 4) is 11.3 Å². The minimum Gasteiger partial charge on any atom is -0.456 e. The highest BCUT2D eigenvalue weighted by molar-refractivity contribution is 5.82. The van der Waals surface area contributed by atoms with E-state index in [0.717, 1.165) is 34.9 Å². The second-order valence-corrected chi connectivity index (χ2v) is 5.50. The molecule has 100 valence electrons. The number of furan rings is 1. The van der Waals surface area contributed by atoms with Crippen molar-refractivity contribution in [3.05, 3.63) is 60.2 Å². The molecule has 0 atom stereocenters. The maximum absolute atomic E-state index is 5.89. The Morgan fingerprint density at radius 2 is 1.80 bits per heavy atom. The highest BCUT2D eigenvalue weighted by atomic mass is 16.3. The summed E-state index contributed by atoms with van der Waals surface area (Å²) in [5, 5.41) is 4.68. The molecule has 2 heteroatoms. The predicted octanol–water partition coefficient (Wildman–Crippen LogP) is 4.35. The van der Waals surface area contributed by atoms with E-state index < -0.39 is 0 Å². The van der Waals surface area contributed by atoms with Gasteiger partial charge in [0.2, 0.25) is 0 Å². The summed E-state index contributed by atoms with van der Waals surface area (Å²) < 4.78 is 5.89. The second-order valence-electron chi connectivity index (χ2n) is 5.50. The van der Waals surface area contributed by atoms with E-state index in [9.17, 15) is 0 Å². The molecule has 1 heterocycles. The molecule has 4 rings (SSSR count). The largest absolute Gasteiger partial charge is 0.456 e. The molecule has 20 heavy (non-hydrogen) atoms. The first-order chi connectivity index (χ1) is 9.88. The van der Waals surface area contributed by atoms with E-state index in [1.165, 1.54) is 18.4 Å². The molecule has 0 radical (unpaired) electrons. The molecule has 3 aromatic rings. The molecule has 0 spiro atoms. The normalized spacial score (nSPS) is 14.8. The van der Waals surface area contributed by atoms with Gasteiger partial charge in [0.25, 0.3) is 0 Å². The fourth-order valence-electron chi connectivity index (χ4n) is 2.46. The number of nitrogens with one attached hydrogen (secondary N) is 1. The Kier molecular flexibility index (Phi) is 2.82. The third-order valence-corrected chi connectivity index (χ3v) is 3.84. The van der Waals surface area contributed by atoms with Crippen LogP contribution >= 0.6 is 0 Å². The molecule has 0 unspecified atom stereocenters. The highest BCUT2D eigenvalue weighted by Crippen LogP contribution is 2.28. The average molecular weight is 263 g/mol. The minimum absolute atomic E-state index is 0.755. The van der Waals surface area contributed by atoms with Crippen molar-refractivity contribution < 1.29 is 4.42 Å². The number of hydrogen-bond acceptors (Lipinski definition) is 2. The topological polar surface area (TPSA) is 25.2 Å². The fraction of sp³-hybridized carbons (Fsp3) is 0.222. The first-order valence-corrected chi connectivity index (χ1v) is 7.20.